The molecule has 0 radical (unpaired) electrons. The minimum atomic E-state index is -1.33. The number of carbonyl (C=O) groups is 3. The Labute approximate surface area is 217 Å². The summed E-state index contributed by atoms with van der Waals surface area (Å²) in [5.41, 5.74) is 0.919. The van der Waals surface area contributed by atoms with Crippen LogP contribution in [0.15, 0.2) is 48.5 Å². The van der Waals surface area contributed by atoms with Gasteiger partial charge < -0.3 is 30.5 Å². The maximum atomic E-state index is 13.8. The van der Waals surface area contributed by atoms with E-state index in [2.05, 4.69) is 10.6 Å². The van der Waals surface area contributed by atoms with Crippen LogP contribution in [0.3, 0.4) is 0 Å². The second kappa shape index (κ2) is 12.1. The van der Waals surface area contributed by atoms with Gasteiger partial charge in [-0.1, -0.05) is 48.5 Å². The molecule has 4 N–H and O–H groups in total. The SMILES string of the molecule is Cc1cccc(C(C(=O)NCc2ccccc2)N(C(=O)C(CO)NC(=O)OC(C)(C)C)C2CCC2)c1O. The summed E-state index contributed by atoms with van der Waals surface area (Å²) in [6, 6.07) is 11.6. The van der Waals surface area contributed by atoms with Crippen molar-refractivity contribution in [2.24, 2.45) is 0 Å². The lowest BCUT2D eigenvalue weighted by atomic mass is 9.87. The Balaban J connectivity index is 1.96. The lowest BCUT2D eigenvalue weighted by molar-refractivity contribution is -0.148. The van der Waals surface area contributed by atoms with Crippen molar-refractivity contribution in [2.45, 2.75) is 77.2 Å². The molecule has 0 saturated heterocycles. The summed E-state index contributed by atoms with van der Waals surface area (Å²) in [5.74, 6) is -1.18. The first-order chi connectivity index (χ1) is 17.5. The van der Waals surface area contributed by atoms with Crippen LogP contribution >= 0.6 is 0 Å². The molecule has 2 atom stereocenters. The number of ether oxygens (including phenoxy) is 1. The molecule has 200 valence electrons. The number of aromatic hydroxyl groups is 1. The first-order valence-electron chi connectivity index (χ1n) is 12.5. The Morgan fingerprint density at radius 1 is 1.08 bits per heavy atom. The number of para-hydroxylation sites is 1. The van der Waals surface area contributed by atoms with Crippen LogP contribution in [-0.4, -0.2) is 57.3 Å². The number of rotatable bonds is 9. The van der Waals surface area contributed by atoms with Crippen molar-refractivity contribution in [3.8, 4) is 5.75 Å². The number of amides is 3. The molecule has 2 aromatic rings. The number of aryl methyl sites for hydroxylation is 1. The van der Waals surface area contributed by atoms with Gasteiger partial charge in [0.2, 0.25) is 11.8 Å². The fourth-order valence-corrected chi connectivity index (χ4v) is 4.20. The molecule has 3 rings (SSSR count). The number of aliphatic hydroxyl groups excluding tert-OH is 1. The standard InChI is InChI=1S/C28H37N3O6/c1-18-10-8-15-21(24(18)33)23(25(34)29-16-19-11-6-5-7-12-19)31(20-13-9-14-20)26(35)22(17-32)30-27(36)37-28(2,3)4/h5-8,10-12,15,20,22-23,32-33H,9,13-14,16-17H2,1-4H3,(H,29,34)(H,30,36). The Kier molecular flexibility index (Phi) is 9.15. The van der Waals surface area contributed by atoms with Gasteiger partial charge >= 0.3 is 6.09 Å². The van der Waals surface area contributed by atoms with Crippen molar-refractivity contribution < 1.29 is 29.3 Å². The van der Waals surface area contributed by atoms with E-state index in [-0.39, 0.29) is 23.9 Å². The summed E-state index contributed by atoms with van der Waals surface area (Å²) in [5, 5.41) is 26.3. The van der Waals surface area contributed by atoms with E-state index in [9.17, 15) is 24.6 Å². The lowest BCUT2D eigenvalue weighted by Crippen LogP contribution is -2.58. The van der Waals surface area contributed by atoms with Crippen LogP contribution in [0, 0.1) is 6.92 Å². The quantitative estimate of drug-likeness (QED) is 0.409. The van der Waals surface area contributed by atoms with Crippen LogP contribution < -0.4 is 10.6 Å². The molecule has 2 unspecified atom stereocenters. The molecular formula is C28H37N3O6. The third kappa shape index (κ3) is 7.22. The van der Waals surface area contributed by atoms with Gasteiger partial charge in [-0.2, -0.15) is 0 Å². The van der Waals surface area contributed by atoms with Crippen LogP contribution in [0.5, 0.6) is 5.75 Å². The molecule has 0 aromatic heterocycles. The number of nitrogens with zero attached hydrogens (tertiary/aromatic N) is 1. The third-order valence-electron chi connectivity index (χ3n) is 6.29. The highest BCUT2D eigenvalue weighted by Gasteiger charge is 2.42. The molecule has 0 spiro atoms. The largest absolute Gasteiger partial charge is 0.507 e. The molecular weight excluding hydrogens is 474 g/mol. The first kappa shape index (κ1) is 28.0. The molecule has 1 fully saturated rings. The number of phenolic OH excluding ortho intramolecular Hbond substituents is 1. The average Bonchev–Trinajstić information content (AvgIpc) is 2.81. The van der Waals surface area contributed by atoms with E-state index in [4.69, 9.17) is 4.74 Å². The van der Waals surface area contributed by atoms with Crippen LogP contribution in [0.25, 0.3) is 0 Å². The summed E-state index contributed by atoms with van der Waals surface area (Å²) in [4.78, 5) is 41.3. The van der Waals surface area contributed by atoms with Gasteiger partial charge in [0.1, 0.15) is 23.4 Å². The zero-order valence-electron chi connectivity index (χ0n) is 21.9. The second-order valence-electron chi connectivity index (χ2n) is 10.3. The van der Waals surface area contributed by atoms with Crippen molar-refractivity contribution in [3.05, 3.63) is 65.2 Å². The van der Waals surface area contributed by atoms with Crippen molar-refractivity contribution >= 4 is 17.9 Å². The Hall–Kier alpha value is -3.59. The van der Waals surface area contributed by atoms with Crippen molar-refractivity contribution in [1.82, 2.24) is 15.5 Å². The molecule has 1 saturated carbocycles. The number of hydrogen-bond acceptors (Lipinski definition) is 6. The number of aliphatic hydroxyl groups is 1. The molecule has 1 aliphatic rings. The minimum Gasteiger partial charge on any atom is -0.507 e. The van der Waals surface area contributed by atoms with Gasteiger partial charge in [0.15, 0.2) is 0 Å². The van der Waals surface area contributed by atoms with Crippen LogP contribution in [0.2, 0.25) is 0 Å². The molecule has 0 aliphatic heterocycles. The van der Waals surface area contributed by atoms with E-state index in [0.29, 0.717) is 18.4 Å². The number of carbonyl (C=O) groups excluding carboxylic acids is 3. The van der Waals surface area contributed by atoms with Gasteiger partial charge in [0.25, 0.3) is 0 Å². The predicted octanol–water partition coefficient (Wildman–Crippen LogP) is 3.32. The molecule has 1 aliphatic carbocycles. The second-order valence-corrected chi connectivity index (χ2v) is 10.3. The number of hydrogen-bond donors (Lipinski definition) is 4. The van der Waals surface area contributed by atoms with E-state index < -0.39 is 42.2 Å². The first-order valence-corrected chi connectivity index (χ1v) is 12.5. The van der Waals surface area contributed by atoms with Gasteiger partial charge in [0, 0.05) is 18.2 Å². The molecule has 9 nitrogen and oxygen atoms in total. The number of benzene rings is 2. The zero-order chi connectivity index (χ0) is 27.2. The topological polar surface area (TPSA) is 128 Å². The summed E-state index contributed by atoms with van der Waals surface area (Å²) >= 11 is 0. The minimum absolute atomic E-state index is 0.0832. The summed E-state index contributed by atoms with van der Waals surface area (Å²) in [6.45, 7) is 6.34. The smallest absolute Gasteiger partial charge is 0.408 e. The molecule has 9 heteroatoms. The molecule has 2 aromatic carbocycles. The maximum Gasteiger partial charge on any atom is 0.408 e. The maximum absolute atomic E-state index is 13.8. The number of phenols is 1. The van der Waals surface area contributed by atoms with Crippen LogP contribution in [0.4, 0.5) is 4.79 Å². The Morgan fingerprint density at radius 3 is 2.32 bits per heavy atom. The van der Waals surface area contributed by atoms with Gasteiger partial charge in [-0.15, -0.1) is 0 Å². The zero-order valence-corrected chi connectivity index (χ0v) is 21.9. The van der Waals surface area contributed by atoms with Gasteiger partial charge in [0.05, 0.1) is 6.61 Å². The van der Waals surface area contributed by atoms with Gasteiger partial charge in [-0.25, -0.2) is 4.79 Å². The Bertz CT molecular complexity index is 1090. The van der Waals surface area contributed by atoms with Crippen molar-refractivity contribution in [1.29, 1.82) is 0 Å². The molecule has 37 heavy (non-hydrogen) atoms. The highest BCUT2D eigenvalue weighted by atomic mass is 16.6. The average molecular weight is 512 g/mol. The molecule has 3 amide bonds. The lowest BCUT2D eigenvalue weighted by Gasteiger charge is -2.43. The van der Waals surface area contributed by atoms with E-state index >= 15 is 0 Å². The fraction of sp³-hybridized carbons (Fsp3) is 0.464. The third-order valence-corrected chi connectivity index (χ3v) is 6.29. The van der Waals surface area contributed by atoms with Crippen molar-refractivity contribution in [2.75, 3.05) is 6.61 Å². The predicted molar refractivity (Wildman–Crippen MR) is 139 cm³/mol. The number of nitrogens with one attached hydrogen (secondary N) is 2. The number of alkyl carbamates (subject to hydrolysis) is 1. The van der Waals surface area contributed by atoms with Gasteiger partial charge in [-0.3, -0.25) is 9.59 Å². The molecule has 0 heterocycles. The van der Waals surface area contributed by atoms with E-state index in [1.807, 2.05) is 30.3 Å². The fourth-order valence-electron chi connectivity index (χ4n) is 4.20. The normalized spacial score (nSPS) is 15.2. The summed E-state index contributed by atoms with van der Waals surface area (Å²) in [6.07, 6.45) is 1.34. The monoisotopic (exact) mass is 511 g/mol. The van der Waals surface area contributed by atoms with E-state index in [1.54, 1.807) is 45.9 Å². The summed E-state index contributed by atoms with van der Waals surface area (Å²) in [7, 11) is 0. The van der Waals surface area contributed by atoms with Crippen molar-refractivity contribution in [3.63, 3.8) is 0 Å². The van der Waals surface area contributed by atoms with Crippen LogP contribution in [0.1, 0.15) is 62.8 Å². The Morgan fingerprint density at radius 2 is 1.76 bits per heavy atom. The van der Waals surface area contributed by atoms with E-state index in [1.165, 1.54) is 4.90 Å². The molecule has 0 bridgehead atoms. The van der Waals surface area contributed by atoms with E-state index in [0.717, 1.165) is 12.0 Å². The van der Waals surface area contributed by atoms with Gasteiger partial charge in [-0.05, 0) is 58.1 Å². The van der Waals surface area contributed by atoms with Crippen LogP contribution in [-0.2, 0) is 20.9 Å². The highest BCUT2D eigenvalue weighted by Crippen LogP contribution is 2.37. The summed E-state index contributed by atoms with van der Waals surface area (Å²) < 4.78 is 5.26. The highest BCUT2D eigenvalue weighted by molar-refractivity contribution is 5.93.